The number of esters is 1. The normalized spacial score (nSPS) is 10.8. The molecule has 96 valence electrons. The summed E-state index contributed by atoms with van der Waals surface area (Å²) in [5, 5.41) is 0. The van der Waals surface area contributed by atoms with E-state index >= 15 is 0 Å². The van der Waals surface area contributed by atoms with Crippen molar-refractivity contribution in [3.05, 3.63) is 30.1 Å². The van der Waals surface area contributed by atoms with Gasteiger partial charge in [-0.15, -0.1) is 11.6 Å². The van der Waals surface area contributed by atoms with Crippen LogP contribution >= 0.6 is 11.6 Å². The molecule has 1 aromatic heterocycles. The second-order valence-corrected chi connectivity index (χ2v) is 4.22. The average molecular weight is 267 g/mol. The number of hydrogen-bond donors (Lipinski definition) is 0. The number of carbonyl (C=O) groups is 1. The van der Waals surface area contributed by atoms with Crippen LogP contribution in [-0.4, -0.2) is 28.0 Å². The first-order chi connectivity index (χ1) is 8.76. The fourth-order valence-corrected chi connectivity index (χ4v) is 2.08. The van der Waals surface area contributed by atoms with Gasteiger partial charge in [0.05, 0.1) is 17.6 Å². The van der Waals surface area contributed by atoms with Crippen molar-refractivity contribution in [1.82, 2.24) is 9.55 Å². The highest BCUT2D eigenvalue weighted by molar-refractivity contribution is 6.17. The SMILES string of the molecule is CCOC(=O)Cn1c(CCCl)nc2ccccc21. The van der Waals surface area contributed by atoms with Gasteiger partial charge < -0.3 is 9.30 Å². The van der Waals surface area contributed by atoms with Gasteiger partial charge in [0.25, 0.3) is 0 Å². The zero-order valence-electron chi connectivity index (χ0n) is 10.2. The van der Waals surface area contributed by atoms with Gasteiger partial charge in [0.2, 0.25) is 0 Å². The van der Waals surface area contributed by atoms with E-state index in [9.17, 15) is 4.79 Å². The summed E-state index contributed by atoms with van der Waals surface area (Å²) in [6.07, 6.45) is 0.635. The zero-order valence-corrected chi connectivity index (χ0v) is 11.0. The Bertz CT molecular complexity index is 551. The van der Waals surface area contributed by atoms with Crippen molar-refractivity contribution in [3.8, 4) is 0 Å². The van der Waals surface area contributed by atoms with E-state index in [1.807, 2.05) is 28.8 Å². The molecule has 0 spiro atoms. The number of imidazole rings is 1. The minimum atomic E-state index is -0.253. The summed E-state index contributed by atoms with van der Waals surface area (Å²) in [5.41, 5.74) is 1.81. The number of nitrogens with zero attached hydrogens (tertiary/aromatic N) is 2. The van der Waals surface area contributed by atoms with Crippen molar-refractivity contribution in [2.45, 2.75) is 19.9 Å². The van der Waals surface area contributed by atoms with Crippen molar-refractivity contribution in [2.24, 2.45) is 0 Å². The Kier molecular flexibility index (Phi) is 4.20. The minimum Gasteiger partial charge on any atom is -0.465 e. The smallest absolute Gasteiger partial charge is 0.326 e. The Morgan fingerprint density at radius 2 is 2.22 bits per heavy atom. The van der Waals surface area contributed by atoms with Gasteiger partial charge in [-0.2, -0.15) is 0 Å². The molecule has 0 fully saturated rings. The number of carbonyl (C=O) groups excluding carboxylic acids is 1. The number of para-hydroxylation sites is 2. The van der Waals surface area contributed by atoms with E-state index < -0.39 is 0 Å². The molecule has 0 N–H and O–H groups in total. The van der Waals surface area contributed by atoms with E-state index in [4.69, 9.17) is 16.3 Å². The third kappa shape index (κ3) is 2.64. The Morgan fingerprint density at radius 3 is 2.94 bits per heavy atom. The Morgan fingerprint density at radius 1 is 1.44 bits per heavy atom. The summed E-state index contributed by atoms with van der Waals surface area (Å²) in [6, 6.07) is 7.72. The van der Waals surface area contributed by atoms with E-state index in [1.165, 1.54) is 0 Å². The number of benzene rings is 1. The Labute approximate surface area is 111 Å². The number of fused-ring (bicyclic) bond motifs is 1. The van der Waals surface area contributed by atoms with Crippen LogP contribution in [0.3, 0.4) is 0 Å². The van der Waals surface area contributed by atoms with E-state index in [1.54, 1.807) is 6.92 Å². The van der Waals surface area contributed by atoms with E-state index in [0.29, 0.717) is 18.9 Å². The van der Waals surface area contributed by atoms with Gasteiger partial charge in [0.15, 0.2) is 0 Å². The quantitative estimate of drug-likeness (QED) is 0.616. The van der Waals surface area contributed by atoms with Crippen LogP contribution in [0, 0.1) is 0 Å². The first-order valence-corrected chi connectivity index (χ1v) is 6.45. The summed E-state index contributed by atoms with van der Waals surface area (Å²) in [4.78, 5) is 16.1. The molecule has 1 aromatic carbocycles. The maximum absolute atomic E-state index is 11.6. The molecule has 1 heterocycles. The predicted molar refractivity (Wildman–Crippen MR) is 70.8 cm³/mol. The molecule has 0 amide bonds. The summed E-state index contributed by atoms with van der Waals surface area (Å²) in [5.74, 6) is 1.04. The van der Waals surface area contributed by atoms with Crippen LogP contribution in [0.1, 0.15) is 12.7 Å². The second-order valence-electron chi connectivity index (χ2n) is 3.85. The van der Waals surface area contributed by atoms with Gasteiger partial charge in [0, 0.05) is 12.3 Å². The lowest BCUT2D eigenvalue weighted by molar-refractivity contribution is -0.143. The highest BCUT2D eigenvalue weighted by Gasteiger charge is 2.13. The van der Waals surface area contributed by atoms with Gasteiger partial charge in [-0.3, -0.25) is 4.79 Å². The van der Waals surface area contributed by atoms with Crippen LogP contribution < -0.4 is 0 Å². The van der Waals surface area contributed by atoms with Gasteiger partial charge in [-0.05, 0) is 19.1 Å². The largest absolute Gasteiger partial charge is 0.465 e. The fraction of sp³-hybridized carbons (Fsp3) is 0.385. The summed E-state index contributed by atoms with van der Waals surface area (Å²) < 4.78 is 6.85. The first kappa shape index (κ1) is 12.9. The van der Waals surface area contributed by atoms with E-state index in [-0.39, 0.29) is 12.5 Å². The molecule has 0 bridgehead atoms. The molecule has 0 aliphatic rings. The molecule has 2 aromatic rings. The van der Waals surface area contributed by atoms with Crippen molar-refractivity contribution < 1.29 is 9.53 Å². The molecule has 2 rings (SSSR count). The number of hydrogen-bond acceptors (Lipinski definition) is 3. The van der Waals surface area contributed by atoms with Crippen LogP contribution in [0.5, 0.6) is 0 Å². The topological polar surface area (TPSA) is 44.1 Å². The molecule has 0 aliphatic heterocycles. The summed E-state index contributed by atoms with van der Waals surface area (Å²) in [6.45, 7) is 2.36. The number of halogens is 1. The van der Waals surface area contributed by atoms with Crippen LogP contribution in [0.25, 0.3) is 11.0 Å². The third-order valence-corrected chi connectivity index (χ3v) is 2.83. The highest BCUT2D eigenvalue weighted by atomic mass is 35.5. The number of alkyl halides is 1. The maximum atomic E-state index is 11.6. The molecule has 0 saturated carbocycles. The van der Waals surface area contributed by atoms with Gasteiger partial charge >= 0.3 is 5.97 Å². The molecule has 4 nitrogen and oxygen atoms in total. The molecular weight excluding hydrogens is 252 g/mol. The molecule has 0 unspecified atom stereocenters. The molecule has 0 atom stereocenters. The Hall–Kier alpha value is -1.55. The van der Waals surface area contributed by atoms with E-state index in [0.717, 1.165) is 16.9 Å². The lowest BCUT2D eigenvalue weighted by atomic mass is 10.3. The van der Waals surface area contributed by atoms with Crippen LogP contribution in [-0.2, 0) is 22.5 Å². The molecular formula is C13H15ClN2O2. The van der Waals surface area contributed by atoms with Crippen molar-refractivity contribution >= 4 is 28.6 Å². The molecule has 5 heteroatoms. The van der Waals surface area contributed by atoms with Gasteiger partial charge in [-0.1, -0.05) is 12.1 Å². The van der Waals surface area contributed by atoms with Crippen LogP contribution in [0.2, 0.25) is 0 Å². The number of aromatic nitrogens is 2. The fourth-order valence-electron chi connectivity index (χ4n) is 1.91. The standard InChI is InChI=1S/C13H15ClN2O2/c1-2-18-13(17)9-16-11-6-4-3-5-10(11)15-12(16)7-8-14/h3-6H,2,7-9H2,1H3. The lowest BCUT2D eigenvalue weighted by Gasteiger charge is -2.07. The molecule has 0 aliphatic carbocycles. The van der Waals surface area contributed by atoms with Crippen LogP contribution in [0.4, 0.5) is 0 Å². The monoisotopic (exact) mass is 266 g/mol. The molecule has 18 heavy (non-hydrogen) atoms. The number of ether oxygens (including phenoxy) is 1. The second kappa shape index (κ2) is 5.87. The van der Waals surface area contributed by atoms with Crippen molar-refractivity contribution in [3.63, 3.8) is 0 Å². The zero-order chi connectivity index (χ0) is 13.0. The Balaban J connectivity index is 2.38. The highest BCUT2D eigenvalue weighted by Crippen LogP contribution is 2.16. The van der Waals surface area contributed by atoms with Gasteiger partial charge in [-0.25, -0.2) is 4.98 Å². The first-order valence-electron chi connectivity index (χ1n) is 5.92. The van der Waals surface area contributed by atoms with Crippen LogP contribution in [0.15, 0.2) is 24.3 Å². The predicted octanol–water partition coefficient (Wildman–Crippen LogP) is 2.38. The summed E-state index contributed by atoms with van der Waals surface area (Å²) >= 11 is 5.76. The number of rotatable bonds is 5. The number of aryl methyl sites for hydroxylation is 1. The minimum absolute atomic E-state index is 0.181. The maximum Gasteiger partial charge on any atom is 0.326 e. The lowest BCUT2D eigenvalue weighted by Crippen LogP contribution is -2.15. The van der Waals surface area contributed by atoms with Gasteiger partial charge in [0.1, 0.15) is 12.4 Å². The third-order valence-electron chi connectivity index (χ3n) is 2.64. The van der Waals surface area contributed by atoms with Crippen molar-refractivity contribution in [1.29, 1.82) is 0 Å². The van der Waals surface area contributed by atoms with E-state index in [2.05, 4.69) is 4.98 Å². The van der Waals surface area contributed by atoms with Crippen molar-refractivity contribution in [2.75, 3.05) is 12.5 Å². The average Bonchev–Trinajstić information content (AvgIpc) is 2.69. The summed E-state index contributed by atoms with van der Waals surface area (Å²) in [7, 11) is 0. The molecule has 0 radical (unpaired) electrons. The molecule has 0 saturated heterocycles.